The first-order valence-electron chi connectivity index (χ1n) is 8.35. The first-order chi connectivity index (χ1) is 13.8. The quantitative estimate of drug-likeness (QED) is 0.329. The van der Waals surface area contributed by atoms with E-state index < -0.39 is 17.5 Å². The number of aromatic carboxylic acids is 1. The molecule has 0 aliphatic heterocycles. The zero-order valence-corrected chi connectivity index (χ0v) is 17.1. The zero-order valence-electron chi connectivity index (χ0n) is 14.8. The number of carbonyl (C=O) groups is 2. The maximum atomic E-state index is 12.5. The minimum absolute atomic E-state index is 0.110. The summed E-state index contributed by atoms with van der Waals surface area (Å²) in [6.07, 6.45) is 2.81. The van der Waals surface area contributed by atoms with Gasteiger partial charge in [0.15, 0.2) is 5.78 Å². The van der Waals surface area contributed by atoms with Gasteiger partial charge in [0.25, 0.3) is 0 Å². The molecule has 5 nitrogen and oxygen atoms in total. The maximum absolute atomic E-state index is 12.5. The third-order valence-corrected chi connectivity index (χ3v) is 4.61. The third kappa shape index (κ3) is 5.25. The summed E-state index contributed by atoms with van der Waals surface area (Å²) in [7, 11) is 0. The number of hydrogen-bond acceptors (Lipinski definition) is 4. The lowest BCUT2D eigenvalue weighted by atomic mass is 10.0. The summed E-state index contributed by atoms with van der Waals surface area (Å²) in [6, 6.07) is 16.6. The molecule has 0 heterocycles. The molecule has 0 bridgehead atoms. The molecule has 0 aliphatic carbocycles. The molecule has 0 aromatic heterocycles. The van der Waals surface area contributed by atoms with Crippen molar-refractivity contribution in [1.82, 2.24) is 0 Å². The molecular weight excluding hydrogens is 460 g/mol. The number of ether oxygens (including phenoxy) is 1. The Bertz CT molecular complexity index is 1110. The van der Waals surface area contributed by atoms with Gasteiger partial charge in [-0.2, -0.15) is 0 Å². The second-order valence-corrected chi connectivity index (χ2v) is 7.33. The van der Waals surface area contributed by atoms with Crippen molar-refractivity contribution in [1.29, 1.82) is 0 Å². The number of allylic oxidation sites excluding steroid dienone is 1. The molecule has 0 aliphatic rings. The van der Waals surface area contributed by atoms with Crippen LogP contribution in [0.2, 0.25) is 5.02 Å². The predicted octanol–water partition coefficient (Wildman–Crippen LogP) is 6.19. The molecule has 2 N–H and O–H groups in total. The lowest BCUT2D eigenvalue weighted by Gasteiger charge is -2.07. The largest absolute Gasteiger partial charge is 0.506 e. The Hall–Kier alpha value is -3.09. The maximum Gasteiger partial charge on any atom is 0.339 e. The molecule has 0 radical (unpaired) electrons. The second kappa shape index (κ2) is 8.94. The van der Waals surface area contributed by atoms with E-state index in [4.69, 9.17) is 21.4 Å². The van der Waals surface area contributed by atoms with E-state index >= 15 is 0 Å². The number of rotatable bonds is 6. The number of carboxylic acid groups (broad SMARTS) is 1. The summed E-state index contributed by atoms with van der Waals surface area (Å²) in [5.41, 5.74) is 0.230. The second-order valence-electron chi connectivity index (χ2n) is 5.98. The van der Waals surface area contributed by atoms with E-state index in [9.17, 15) is 14.7 Å². The van der Waals surface area contributed by atoms with Gasteiger partial charge in [-0.25, -0.2) is 4.79 Å². The molecule has 0 atom stereocenters. The van der Waals surface area contributed by atoms with Crippen LogP contribution in [-0.2, 0) is 0 Å². The molecule has 0 unspecified atom stereocenters. The summed E-state index contributed by atoms with van der Waals surface area (Å²) >= 11 is 9.01. The van der Waals surface area contributed by atoms with Crippen molar-refractivity contribution < 1.29 is 24.5 Å². The van der Waals surface area contributed by atoms with E-state index in [2.05, 4.69) is 15.9 Å². The molecule has 3 aromatic carbocycles. The molecule has 0 amide bonds. The summed E-state index contributed by atoms with van der Waals surface area (Å²) in [5, 5.41) is 19.8. The highest BCUT2D eigenvalue weighted by Crippen LogP contribution is 2.29. The standard InChI is InChI=1S/C22H14BrClO5/c23-14-11-18(21(26)19(12-14)22(27)28)20(25)9-4-13-2-1-3-17(10-13)29-16-7-5-15(24)6-8-16/h1-12,26H,(H,27,28)/b9-4+. The first kappa shape index (κ1) is 20.6. The number of halogens is 2. The first-order valence-corrected chi connectivity index (χ1v) is 9.52. The topological polar surface area (TPSA) is 83.8 Å². The molecule has 0 spiro atoms. The summed E-state index contributed by atoms with van der Waals surface area (Å²) < 4.78 is 6.13. The van der Waals surface area contributed by atoms with Crippen LogP contribution in [0.4, 0.5) is 0 Å². The molecule has 0 fully saturated rings. The van der Waals surface area contributed by atoms with Crippen molar-refractivity contribution in [2.75, 3.05) is 0 Å². The van der Waals surface area contributed by atoms with E-state index in [0.29, 0.717) is 26.6 Å². The highest BCUT2D eigenvalue weighted by molar-refractivity contribution is 9.10. The van der Waals surface area contributed by atoms with E-state index in [-0.39, 0.29) is 11.1 Å². The fraction of sp³-hybridized carbons (Fsp3) is 0. The van der Waals surface area contributed by atoms with Gasteiger partial charge in [0.1, 0.15) is 22.8 Å². The van der Waals surface area contributed by atoms with E-state index in [1.165, 1.54) is 18.2 Å². The molecule has 0 saturated carbocycles. The number of benzene rings is 3. The van der Waals surface area contributed by atoms with Gasteiger partial charge in [-0.1, -0.05) is 45.7 Å². The Kier molecular flexibility index (Phi) is 6.36. The Morgan fingerprint density at radius 2 is 1.66 bits per heavy atom. The van der Waals surface area contributed by atoms with Crippen LogP contribution in [0.1, 0.15) is 26.3 Å². The molecule has 29 heavy (non-hydrogen) atoms. The minimum atomic E-state index is -1.33. The zero-order chi connectivity index (χ0) is 21.0. The molecule has 146 valence electrons. The van der Waals surface area contributed by atoms with Crippen molar-refractivity contribution in [3.05, 3.63) is 92.9 Å². The number of ketones is 1. The van der Waals surface area contributed by atoms with Crippen LogP contribution in [0.15, 0.2) is 71.2 Å². The molecule has 7 heteroatoms. The minimum Gasteiger partial charge on any atom is -0.506 e. The lowest BCUT2D eigenvalue weighted by Crippen LogP contribution is -2.03. The van der Waals surface area contributed by atoms with Gasteiger partial charge < -0.3 is 14.9 Å². The van der Waals surface area contributed by atoms with Crippen molar-refractivity contribution in [3.8, 4) is 17.2 Å². The van der Waals surface area contributed by atoms with Gasteiger partial charge in [0.05, 0.1) is 5.56 Å². The van der Waals surface area contributed by atoms with E-state index in [1.54, 1.807) is 54.6 Å². The molecule has 3 aromatic rings. The number of carboxylic acids is 1. The van der Waals surface area contributed by atoms with Gasteiger partial charge >= 0.3 is 5.97 Å². The fourth-order valence-corrected chi connectivity index (χ4v) is 3.12. The predicted molar refractivity (Wildman–Crippen MR) is 114 cm³/mol. The van der Waals surface area contributed by atoms with Crippen LogP contribution in [0.5, 0.6) is 17.2 Å². The fourth-order valence-electron chi connectivity index (χ4n) is 2.53. The van der Waals surface area contributed by atoms with Crippen LogP contribution >= 0.6 is 27.5 Å². The molecule has 3 rings (SSSR count). The number of phenols is 1. The number of carbonyl (C=O) groups excluding carboxylic acids is 1. The Morgan fingerprint density at radius 1 is 0.966 bits per heavy atom. The molecular formula is C22H14BrClO5. The smallest absolute Gasteiger partial charge is 0.339 e. The Morgan fingerprint density at radius 3 is 2.34 bits per heavy atom. The van der Waals surface area contributed by atoms with Crippen molar-refractivity contribution >= 4 is 45.4 Å². The lowest BCUT2D eigenvalue weighted by molar-refractivity contribution is 0.0693. The van der Waals surface area contributed by atoms with Crippen LogP contribution in [0.3, 0.4) is 0 Å². The highest BCUT2D eigenvalue weighted by Gasteiger charge is 2.18. The number of aromatic hydroxyl groups is 1. The SMILES string of the molecule is O=C(O)c1cc(Br)cc(C(=O)/C=C/c2cccc(Oc3ccc(Cl)cc3)c2)c1O. The normalized spacial score (nSPS) is 10.8. The summed E-state index contributed by atoms with van der Waals surface area (Å²) in [5.74, 6) is -1.24. The van der Waals surface area contributed by atoms with Gasteiger partial charge in [0, 0.05) is 9.50 Å². The Balaban J connectivity index is 1.80. The van der Waals surface area contributed by atoms with Crippen molar-refractivity contribution in [2.45, 2.75) is 0 Å². The average Bonchev–Trinajstić information content (AvgIpc) is 2.69. The van der Waals surface area contributed by atoms with Crippen molar-refractivity contribution in [2.24, 2.45) is 0 Å². The average molecular weight is 474 g/mol. The van der Waals surface area contributed by atoms with Gasteiger partial charge in [-0.15, -0.1) is 0 Å². The summed E-state index contributed by atoms with van der Waals surface area (Å²) in [4.78, 5) is 23.7. The molecule has 0 saturated heterocycles. The van der Waals surface area contributed by atoms with E-state index in [0.717, 1.165) is 0 Å². The Labute approximate surface area is 180 Å². The van der Waals surface area contributed by atoms with Crippen molar-refractivity contribution in [3.63, 3.8) is 0 Å². The third-order valence-electron chi connectivity index (χ3n) is 3.91. The van der Waals surface area contributed by atoms with Crippen LogP contribution in [0, 0.1) is 0 Å². The summed E-state index contributed by atoms with van der Waals surface area (Å²) in [6.45, 7) is 0. The van der Waals surface area contributed by atoms with Crippen LogP contribution < -0.4 is 4.74 Å². The van der Waals surface area contributed by atoms with Gasteiger partial charge in [-0.05, 0) is 60.2 Å². The van der Waals surface area contributed by atoms with Gasteiger partial charge in [-0.3, -0.25) is 4.79 Å². The van der Waals surface area contributed by atoms with Gasteiger partial charge in [0.2, 0.25) is 0 Å². The number of hydrogen-bond donors (Lipinski definition) is 2. The monoisotopic (exact) mass is 472 g/mol. The highest BCUT2D eigenvalue weighted by atomic mass is 79.9. The van der Waals surface area contributed by atoms with Crippen LogP contribution in [0.25, 0.3) is 6.08 Å². The van der Waals surface area contributed by atoms with Crippen LogP contribution in [-0.4, -0.2) is 22.0 Å². The van der Waals surface area contributed by atoms with E-state index in [1.807, 2.05) is 0 Å².